The topological polar surface area (TPSA) is 69.4 Å². The van der Waals surface area contributed by atoms with Gasteiger partial charge in [0.1, 0.15) is 0 Å². The van der Waals surface area contributed by atoms with Crippen LogP contribution in [0.2, 0.25) is 0 Å². The minimum Gasteiger partial charge on any atom is -0.457 e. The summed E-state index contributed by atoms with van der Waals surface area (Å²) in [6.07, 6.45) is 2.57. The van der Waals surface area contributed by atoms with Crippen molar-refractivity contribution in [1.29, 1.82) is 0 Å². The smallest absolute Gasteiger partial charge is 0.310 e. The molecule has 0 radical (unpaired) electrons. The average Bonchev–Trinajstić information content (AvgIpc) is 2.83. The Kier molecular flexibility index (Phi) is 4.10. The second kappa shape index (κ2) is 5.78. The molecule has 0 saturated heterocycles. The van der Waals surface area contributed by atoms with Gasteiger partial charge in [0.25, 0.3) is 0 Å². The molecule has 96 valence electrons. The lowest BCUT2D eigenvalue weighted by molar-refractivity contribution is -0.147. The van der Waals surface area contributed by atoms with Crippen molar-refractivity contribution >= 4 is 11.8 Å². The first-order valence-corrected chi connectivity index (χ1v) is 6.19. The highest BCUT2D eigenvalue weighted by Gasteiger charge is 2.31. The zero-order valence-electron chi connectivity index (χ0n) is 10.2. The Bertz CT molecular complexity index is 430. The highest BCUT2D eigenvalue weighted by molar-refractivity contribution is 5.97. The number of carbonyl (C=O) groups excluding carboxylic acids is 2. The van der Waals surface area contributed by atoms with Crippen LogP contribution in [0.5, 0.6) is 0 Å². The van der Waals surface area contributed by atoms with E-state index in [1.807, 2.05) is 6.07 Å². The second-order valence-electron chi connectivity index (χ2n) is 4.60. The van der Waals surface area contributed by atoms with Gasteiger partial charge in [-0.25, -0.2) is 0 Å². The SMILES string of the molecule is N[C@H]1CCC[C@H]1C(=O)OCC(=O)c1ccccc1. The number of hydrogen-bond donors (Lipinski definition) is 1. The van der Waals surface area contributed by atoms with Gasteiger partial charge in [-0.1, -0.05) is 36.8 Å². The monoisotopic (exact) mass is 247 g/mol. The summed E-state index contributed by atoms with van der Waals surface area (Å²) in [4.78, 5) is 23.5. The van der Waals surface area contributed by atoms with Gasteiger partial charge in [0.2, 0.25) is 0 Å². The van der Waals surface area contributed by atoms with E-state index in [4.69, 9.17) is 10.5 Å². The lowest BCUT2D eigenvalue weighted by Gasteiger charge is -2.13. The van der Waals surface area contributed by atoms with Crippen molar-refractivity contribution in [3.8, 4) is 0 Å². The standard InChI is InChI=1S/C14H17NO3/c15-12-8-4-7-11(12)14(17)18-9-13(16)10-5-2-1-3-6-10/h1-3,5-6,11-12H,4,7-9,15H2/t11-,12+/m1/s1. The molecule has 0 bridgehead atoms. The minimum absolute atomic E-state index is 0.121. The van der Waals surface area contributed by atoms with Gasteiger partial charge in [0.05, 0.1) is 5.92 Å². The molecule has 18 heavy (non-hydrogen) atoms. The van der Waals surface area contributed by atoms with Crippen molar-refractivity contribution in [2.24, 2.45) is 11.7 Å². The van der Waals surface area contributed by atoms with Gasteiger partial charge in [-0.2, -0.15) is 0 Å². The molecule has 0 unspecified atom stereocenters. The first kappa shape index (κ1) is 12.8. The summed E-state index contributed by atoms with van der Waals surface area (Å²) < 4.78 is 5.04. The molecule has 0 heterocycles. The molecular formula is C14H17NO3. The van der Waals surface area contributed by atoms with Crippen LogP contribution < -0.4 is 5.73 Å². The van der Waals surface area contributed by atoms with Crippen LogP contribution in [-0.2, 0) is 9.53 Å². The van der Waals surface area contributed by atoms with Crippen molar-refractivity contribution in [2.75, 3.05) is 6.61 Å². The van der Waals surface area contributed by atoms with E-state index in [1.54, 1.807) is 24.3 Å². The summed E-state index contributed by atoms with van der Waals surface area (Å²) >= 11 is 0. The second-order valence-corrected chi connectivity index (χ2v) is 4.60. The van der Waals surface area contributed by atoms with Gasteiger partial charge in [-0.15, -0.1) is 0 Å². The van der Waals surface area contributed by atoms with E-state index in [1.165, 1.54) is 0 Å². The molecule has 4 heteroatoms. The predicted octanol–water partition coefficient (Wildman–Crippen LogP) is 1.54. The van der Waals surface area contributed by atoms with Crippen molar-refractivity contribution in [3.63, 3.8) is 0 Å². The number of benzene rings is 1. The third-order valence-corrected chi connectivity index (χ3v) is 3.31. The molecule has 0 spiro atoms. The number of ether oxygens (including phenoxy) is 1. The Morgan fingerprint density at radius 1 is 1.22 bits per heavy atom. The fourth-order valence-corrected chi connectivity index (χ4v) is 2.23. The number of carbonyl (C=O) groups is 2. The highest BCUT2D eigenvalue weighted by Crippen LogP contribution is 2.25. The maximum absolute atomic E-state index is 11.7. The van der Waals surface area contributed by atoms with Crippen LogP contribution in [0.15, 0.2) is 30.3 Å². The lowest BCUT2D eigenvalue weighted by atomic mass is 10.1. The molecule has 1 aromatic carbocycles. The number of ketones is 1. The van der Waals surface area contributed by atoms with E-state index in [0.717, 1.165) is 19.3 Å². The van der Waals surface area contributed by atoms with Crippen LogP contribution >= 0.6 is 0 Å². The van der Waals surface area contributed by atoms with Crippen LogP contribution in [0.25, 0.3) is 0 Å². The Labute approximate surface area is 106 Å². The summed E-state index contributed by atoms with van der Waals surface area (Å²) in [5, 5.41) is 0. The zero-order chi connectivity index (χ0) is 13.0. The lowest BCUT2D eigenvalue weighted by Crippen LogP contribution is -2.32. The van der Waals surface area contributed by atoms with E-state index in [-0.39, 0.29) is 30.3 Å². The first-order valence-electron chi connectivity index (χ1n) is 6.19. The first-order chi connectivity index (χ1) is 8.68. The Morgan fingerprint density at radius 3 is 2.56 bits per heavy atom. The van der Waals surface area contributed by atoms with Gasteiger partial charge in [0.15, 0.2) is 12.4 Å². The largest absolute Gasteiger partial charge is 0.457 e. The van der Waals surface area contributed by atoms with Crippen molar-refractivity contribution in [3.05, 3.63) is 35.9 Å². The molecule has 2 rings (SSSR count). The molecule has 4 nitrogen and oxygen atoms in total. The molecule has 1 aliphatic carbocycles. The predicted molar refractivity (Wildman–Crippen MR) is 67.0 cm³/mol. The minimum atomic E-state index is -0.343. The molecule has 0 aromatic heterocycles. The normalized spacial score (nSPS) is 22.7. The average molecular weight is 247 g/mol. The zero-order valence-corrected chi connectivity index (χ0v) is 10.2. The van der Waals surface area contributed by atoms with Gasteiger partial charge in [-0.05, 0) is 12.8 Å². The highest BCUT2D eigenvalue weighted by atomic mass is 16.5. The quantitative estimate of drug-likeness (QED) is 0.647. The van der Waals surface area contributed by atoms with Crippen molar-refractivity contribution in [1.82, 2.24) is 0 Å². The van der Waals surface area contributed by atoms with Gasteiger partial charge in [-0.3, -0.25) is 9.59 Å². The summed E-state index contributed by atoms with van der Waals surface area (Å²) in [6.45, 7) is -0.202. The molecule has 1 aliphatic rings. The Hall–Kier alpha value is -1.68. The van der Waals surface area contributed by atoms with Crippen molar-refractivity contribution < 1.29 is 14.3 Å². The molecule has 1 aromatic rings. The number of esters is 1. The Morgan fingerprint density at radius 2 is 1.94 bits per heavy atom. The van der Waals surface area contributed by atoms with E-state index in [2.05, 4.69) is 0 Å². The van der Waals surface area contributed by atoms with E-state index in [0.29, 0.717) is 5.56 Å². The van der Waals surface area contributed by atoms with Crippen LogP contribution in [0.4, 0.5) is 0 Å². The molecule has 0 amide bonds. The summed E-state index contributed by atoms with van der Waals surface area (Å²) in [7, 11) is 0. The number of Topliss-reactive ketones (excluding diaryl/α,β-unsaturated/α-hetero) is 1. The van der Waals surface area contributed by atoms with E-state index >= 15 is 0 Å². The van der Waals surface area contributed by atoms with Crippen LogP contribution in [0.1, 0.15) is 29.6 Å². The molecule has 1 fully saturated rings. The van der Waals surface area contributed by atoms with Crippen LogP contribution in [0.3, 0.4) is 0 Å². The van der Waals surface area contributed by atoms with E-state index < -0.39 is 0 Å². The number of nitrogens with two attached hydrogens (primary N) is 1. The van der Waals surface area contributed by atoms with Crippen LogP contribution in [-0.4, -0.2) is 24.4 Å². The summed E-state index contributed by atoms with van der Waals surface area (Å²) in [6, 6.07) is 8.68. The summed E-state index contributed by atoms with van der Waals surface area (Å²) in [5.74, 6) is -0.770. The fraction of sp³-hybridized carbons (Fsp3) is 0.429. The third-order valence-electron chi connectivity index (χ3n) is 3.31. The third kappa shape index (κ3) is 2.96. The number of hydrogen-bond acceptors (Lipinski definition) is 4. The Balaban J connectivity index is 1.85. The maximum atomic E-state index is 11.7. The van der Waals surface area contributed by atoms with E-state index in [9.17, 15) is 9.59 Å². The van der Waals surface area contributed by atoms with Gasteiger partial charge >= 0.3 is 5.97 Å². The number of rotatable bonds is 4. The molecule has 2 N–H and O–H groups in total. The van der Waals surface area contributed by atoms with Gasteiger partial charge in [0, 0.05) is 11.6 Å². The molecule has 1 saturated carbocycles. The molecule has 2 atom stereocenters. The van der Waals surface area contributed by atoms with Crippen LogP contribution in [0, 0.1) is 5.92 Å². The maximum Gasteiger partial charge on any atom is 0.310 e. The summed E-state index contributed by atoms with van der Waals surface area (Å²) in [5.41, 5.74) is 6.37. The fourth-order valence-electron chi connectivity index (χ4n) is 2.23. The van der Waals surface area contributed by atoms with Crippen molar-refractivity contribution in [2.45, 2.75) is 25.3 Å². The molecular weight excluding hydrogens is 230 g/mol. The van der Waals surface area contributed by atoms with Gasteiger partial charge < -0.3 is 10.5 Å². The molecule has 0 aliphatic heterocycles.